The maximum Gasteiger partial charge on any atom is 0.147 e. The van der Waals surface area contributed by atoms with Gasteiger partial charge in [-0.15, -0.1) is 0 Å². The van der Waals surface area contributed by atoms with Crippen LogP contribution in [-0.4, -0.2) is 29.1 Å². The van der Waals surface area contributed by atoms with Crippen molar-refractivity contribution in [2.75, 3.05) is 18.0 Å². The van der Waals surface area contributed by atoms with Crippen LogP contribution in [0.4, 0.5) is 5.82 Å². The van der Waals surface area contributed by atoms with Crippen LogP contribution in [0, 0.1) is 5.92 Å². The maximum absolute atomic E-state index is 4.66. The van der Waals surface area contributed by atoms with E-state index in [9.17, 15) is 0 Å². The van der Waals surface area contributed by atoms with E-state index in [1.165, 1.54) is 38.5 Å². The van der Waals surface area contributed by atoms with Crippen molar-refractivity contribution in [1.29, 1.82) is 0 Å². The molecule has 0 amide bonds. The maximum atomic E-state index is 4.66. The standard InChI is InChI=1S/C16H26N4/c1-2-17-10-14-11-19-16(12-18-14)20-9-5-8-15(20)13-6-3-4-7-13/h11-13,15,17H,2-10H2,1H3. The Morgan fingerprint density at radius 3 is 2.70 bits per heavy atom. The van der Waals surface area contributed by atoms with Gasteiger partial charge in [0.25, 0.3) is 0 Å². The zero-order valence-electron chi connectivity index (χ0n) is 12.5. The minimum Gasteiger partial charge on any atom is -0.352 e. The first kappa shape index (κ1) is 13.8. The highest BCUT2D eigenvalue weighted by Gasteiger charge is 2.33. The van der Waals surface area contributed by atoms with Crippen LogP contribution in [0.5, 0.6) is 0 Å². The second-order valence-corrected chi connectivity index (χ2v) is 6.09. The second kappa shape index (κ2) is 6.53. The molecule has 4 heteroatoms. The molecule has 1 aromatic heterocycles. The Labute approximate surface area is 122 Å². The molecule has 2 aliphatic rings. The topological polar surface area (TPSA) is 41.1 Å². The molecular formula is C16H26N4. The van der Waals surface area contributed by atoms with Gasteiger partial charge < -0.3 is 10.2 Å². The van der Waals surface area contributed by atoms with Crippen LogP contribution in [0.1, 0.15) is 51.1 Å². The summed E-state index contributed by atoms with van der Waals surface area (Å²) in [4.78, 5) is 11.7. The number of anilines is 1. The molecule has 1 unspecified atom stereocenters. The van der Waals surface area contributed by atoms with Crippen LogP contribution >= 0.6 is 0 Å². The molecule has 0 spiro atoms. The first-order valence-corrected chi connectivity index (χ1v) is 8.16. The zero-order chi connectivity index (χ0) is 13.8. The summed E-state index contributed by atoms with van der Waals surface area (Å²) in [6, 6.07) is 0.714. The Morgan fingerprint density at radius 1 is 1.15 bits per heavy atom. The highest BCUT2D eigenvalue weighted by Crippen LogP contribution is 2.36. The Balaban J connectivity index is 1.67. The van der Waals surface area contributed by atoms with Crippen molar-refractivity contribution in [2.24, 2.45) is 5.92 Å². The molecule has 1 N–H and O–H groups in total. The summed E-state index contributed by atoms with van der Waals surface area (Å²) in [5, 5.41) is 3.29. The number of rotatable bonds is 5. The number of hydrogen-bond donors (Lipinski definition) is 1. The lowest BCUT2D eigenvalue weighted by Gasteiger charge is -2.30. The Kier molecular flexibility index (Phi) is 4.51. The van der Waals surface area contributed by atoms with Crippen molar-refractivity contribution in [3.8, 4) is 0 Å². The molecular weight excluding hydrogens is 248 g/mol. The quantitative estimate of drug-likeness (QED) is 0.896. The third kappa shape index (κ3) is 2.95. The van der Waals surface area contributed by atoms with Crippen molar-refractivity contribution in [3.05, 3.63) is 18.1 Å². The van der Waals surface area contributed by atoms with Crippen LogP contribution in [0.25, 0.3) is 0 Å². The molecule has 2 fully saturated rings. The first-order valence-electron chi connectivity index (χ1n) is 8.16. The van der Waals surface area contributed by atoms with E-state index in [0.717, 1.165) is 37.1 Å². The van der Waals surface area contributed by atoms with Gasteiger partial charge in [0.1, 0.15) is 5.82 Å². The summed E-state index contributed by atoms with van der Waals surface area (Å²) in [5.74, 6) is 1.97. The highest BCUT2D eigenvalue weighted by atomic mass is 15.2. The van der Waals surface area contributed by atoms with Gasteiger partial charge >= 0.3 is 0 Å². The number of nitrogens with one attached hydrogen (secondary N) is 1. The fourth-order valence-electron chi connectivity index (χ4n) is 3.75. The van der Waals surface area contributed by atoms with Gasteiger partial charge in [0, 0.05) is 19.1 Å². The van der Waals surface area contributed by atoms with Gasteiger partial charge in [0.15, 0.2) is 0 Å². The molecule has 1 aliphatic heterocycles. The minimum atomic E-state index is 0.714. The third-order valence-electron chi connectivity index (χ3n) is 4.79. The molecule has 2 heterocycles. The van der Waals surface area contributed by atoms with E-state index in [4.69, 9.17) is 0 Å². The summed E-state index contributed by atoms with van der Waals surface area (Å²) in [6.45, 7) is 5.05. The molecule has 1 saturated heterocycles. The molecule has 1 aliphatic carbocycles. The summed E-state index contributed by atoms with van der Waals surface area (Å²) in [7, 11) is 0. The molecule has 0 radical (unpaired) electrons. The molecule has 1 saturated carbocycles. The van der Waals surface area contributed by atoms with Crippen molar-refractivity contribution in [1.82, 2.24) is 15.3 Å². The normalized spacial score (nSPS) is 23.6. The Hall–Kier alpha value is -1.16. The molecule has 1 atom stereocenters. The lowest BCUT2D eigenvalue weighted by molar-refractivity contribution is 0.429. The van der Waals surface area contributed by atoms with Gasteiger partial charge in [-0.1, -0.05) is 19.8 Å². The average molecular weight is 274 g/mol. The van der Waals surface area contributed by atoms with Crippen molar-refractivity contribution in [3.63, 3.8) is 0 Å². The van der Waals surface area contributed by atoms with Gasteiger partial charge in [-0.05, 0) is 38.1 Å². The van der Waals surface area contributed by atoms with Gasteiger partial charge in [-0.3, -0.25) is 4.98 Å². The van der Waals surface area contributed by atoms with E-state index in [2.05, 4.69) is 27.1 Å². The fraction of sp³-hybridized carbons (Fsp3) is 0.750. The number of nitrogens with zero attached hydrogens (tertiary/aromatic N) is 3. The van der Waals surface area contributed by atoms with E-state index in [-0.39, 0.29) is 0 Å². The van der Waals surface area contributed by atoms with E-state index in [1.54, 1.807) is 0 Å². The second-order valence-electron chi connectivity index (χ2n) is 6.09. The summed E-state index contributed by atoms with van der Waals surface area (Å²) in [6.07, 6.45) is 12.2. The first-order chi connectivity index (χ1) is 9.88. The number of hydrogen-bond acceptors (Lipinski definition) is 4. The van der Waals surface area contributed by atoms with Gasteiger partial charge in [0.05, 0.1) is 18.1 Å². The van der Waals surface area contributed by atoms with Gasteiger partial charge in [-0.25, -0.2) is 4.98 Å². The van der Waals surface area contributed by atoms with E-state index < -0.39 is 0 Å². The fourth-order valence-corrected chi connectivity index (χ4v) is 3.75. The van der Waals surface area contributed by atoms with Crippen molar-refractivity contribution in [2.45, 2.75) is 58.0 Å². The number of aromatic nitrogens is 2. The van der Waals surface area contributed by atoms with Crippen LogP contribution in [0.2, 0.25) is 0 Å². The largest absolute Gasteiger partial charge is 0.352 e. The van der Waals surface area contributed by atoms with Gasteiger partial charge in [0.2, 0.25) is 0 Å². The third-order valence-corrected chi connectivity index (χ3v) is 4.79. The molecule has 4 nitrogen and oxygen atoms in total. The predicted octanol–water partition coefficient (Wildman–Crippen LogP) is 2.75. The lowest BCUT2D eigenvalue weighted by Crippen LogP contribution is -2.35. The van der Waals surface area contributed by atoms with Crippen molar-refractivity contribution < 1.29 is 0 Å². The molecule has 3 rings (SSSR count). The molecule has 0 aromatic carbocycles. The zero-order valence-corrected chi connectivity index (χ0v) is 12.5. The lowest BCUT2D eigenvalue weighted by atomic mass is 9.96. The Morgan fingerprint density at radius 2 is 2.00 bits per heavy atom. The molecule has 110 valence electrons. The molecule has 1 aromatic rings. The summed E-state index contributed by atoms with van der Waals surface area (Å²) < 4.78 is 0. The summed E-state index contributed by atoms with van der Waals surface area (Å²) in [5.41, 5.74) is 1.03. The average Bonchev–Trinajstić information content (AvgIpc) is 3.15. The smallest absolute Gasteiger partial charge is 0.147 e. The van der Waals surface area contributed by atoms with E-state index >= 15 is 0 Å². The van der Waals surface area contributed by atoms with Crippen LogP contribution < -0.4 is 10.2 Å². The minimum absolute atomic E-state index is 0.714. The van der Waals surface area contributed by atoms with Crippen molar-refractivity contribution >= 4 is 5.82 Å². The highest BCUT2D eigenvalue weighted by molar-refractivity contribution is 5.39. The van der Waals surface area contributed by atoms with E-state index in [1.807, 2.05) is 12.4 Å². The molecule has 20 heavy (non-hydrogen) atoms. The summed E-state index contributed by atoms with van der Waals surface area (Å²) >= 11 is 0. The predicted molar refractivity (Wildman–Crippen MR) is 81.7 cm³/mol. The SMILES string of the molecule is CCNCc1cnc(N2CCCC2C2CCCC2)cn1. The van der Waals surface area contributed by atoms with Gasteiger partial charge in [-0.2, -0.15) is 0 Å². The van der Waals surface area contributed by atoms with Crippen LogP contribution in [0.15, 0.2) is 12.4 Å². The Bertz CT molecular complexity index is 411. The monoisotopic (exact) mass is 274 g/mol. The van der Waals surface area contributed by atoms with E-state index in [0.29, 0.717) is 6.04 Å². The molecule has 0 bridgehead atoms. The van der Waals surface area contributed by atoms with Crippen LogP contribution in [0.3, 0.4) is 0 Å². The van der Waals surface area contributed by atoms with Crippen LogP contribution in [-0.2, 0) is 6.54 Å².